The van der Waals surface area contributed by atoms with Crippen LogP contribution in [0.5, 0.6) is 5.75 Å². The maximum absolute atomic E-state index is 13.3. The monoisotopic (exact) mass is 594 g/mol. The number of carbonyl (C=O) groups is 1. The van der Waals surface area contributed by atoms with E-state index in [1.165, 1.54) is 23.8 Å². The number of aromatic amines is 1. The summed E-state index contributed by atoms with van der Waals surface area (Å²) in [7, 11) is 0. The average Bonchev–Trinajstić information content (AvgIpc) is 3.42. The lowest BCUT2D eigenvalue weighted by Crippen LogP contribution is -2.47. The highest BCUT2D eigenvalue weighted by molar-refractivity contribution is 5.99. The summed E-state index contributed by atoms with van der Waals surface area (Å²) in [6.45, 7) is 2.28. The molecule has 8 nitrogen and oxygen atoms in total. The first-order chi connectivity index (χ1) is 20.6. The summed E-state index contributed by atoms with van der Waals surface area (Å²) in [5, 5.41) is 10.3. The van der Waals surface area contributed by atoms with Crippen molar-refractivity contribution in [1.82, 2.24) is 14.9 Å². The number of fused-ring (bicyclic) bond motifs is 1. The van der Waals surface area contributed by atoms with Crippen LogP contribution in [-0.2, 0) is 6.42 Å². The maximum Gasteiger partial charge on any atom is 0.340 e. The number of carbonyl (C=O) groups excluding carboxylic acids is 1. The van der Waals surface area contributed by atoms with Gasteiger partial charge in [-0.3, -0.25) is 9.69 Å². The van der Waals surface area contributed by atoms with E-state index in [1.54, 1.807) is 24.4 Å². The molecule has 43 heavy (non-hydrogen) atoms. The Bertz CT molecular complexity index is 1640. The van der Waals surface area contributed by atoms with Gasteiger partial charge in [0.1, 0.15) is 11.6 Å². The van der Waals surface area contributed by atoms with Gasteiger partial charge in [-0.2, -0.15) is 14.0 Å². The number of primary amides is 1. The van der Waals surface area contributed by atoms with E-state index in [-0.39, 0.29) is 11.3 Å². The van der Waals surface area contributed by atoms with Crippen LogP contribution in [0.1, 0.15) is 27.9 Å². The van der Waals surface area contributed by atoms with E-state index in [1.807, 2.05) is 23.2 Å². The quantitative estimate of drug-likeness (QED) is 0.230. The first kappa shape index (κ1) is 29.8. The number of pyridine rings is 1. The standard InChI is InChI=1S/C31H30F4N6O2/c32-30(33)31(34,35)19-43-24-5-1-3-21(14-24)23-15-26(28(37)42)29(39-18-23)41-11-9-40(10-12-41)8-2-4-22-17-38-27-7-6-20(16-36)13-25(22)27/h1,3,5-7,13-15,17-18,30,38H,2,4,8-12,19H2,(H2,37,42). The summed E-state index contributed by atoms with van der Waals surface area (Å²) in [4.78, 5) is 24.5. The lowest BCUT2D eigenvalue weighted by Gasteiger charge is -2.36. The van der Waals surface area contributed by atoms with Gasteiger partial charge in [0.25, 0.3) is 5.91 Å². The molecule has 2 aromatic heterocycles. The molecule has 4 aromatic rings. The summed E-state index contributed by atoms with van der Waals surface area (Å²) >= 11 is 0. The molecule has 1 amide bonds. The Balaban J connectivity index is 1.19. The number of piperazine rings is 1. The topological polar surface area (TPSA) is 111 Å². The number of nitrogens with one attached hydrogen (secondary N) is 1. The van der Waals surface area contributed by atoms with E-state index in [9.17, 15) is 27.6 Å². The van der Waals surface area contributed by atoms with E-state index < -0.39 is 24.9 Å². The van der Waals surface area contributed by atoms with Crippen molar-refractivity contribution in [3.05, 3.63) is 77.6 Å². The van der Waals surface area contributed by atoms with E-state index in [0.717, 1.165) is 43.4 Å². The lowest BCUT2D eigenvalue weighted by molar-refractivity contribution is -0.148. The van der Waals surface area contributed by atoms with Crippen LogP contribution in [0.15, 0.2) is 60.9 Å². The highest BCUT2D eigenvalue weighted by Gasteiger charge is 2.41. The lowest BCUT2D eigenvalue weighted by atomic mass is 10.0. The highest BCUT2D eigenvalue weighted by Crippen LogP contribution is 2.30. The molecular weight excluding hydrogens is 564 g/mol. The Labute approximate surface area is 245 Å². The van der Waals surface area contributed by atoms with Crippen LogP contribution < -0.4 is 15.4 Å². The van der Waals surface area contributed by atoms with Gasteiger partial charge in [-0.25, -0.2) is 13.8 Å². The van der Waals surface area contributed by atoms with Gasteiger partial charge in [-0.15, -0.1) is 0 Å². The highest BCUT2D eigenvalue weighted by atomic mass is 19.3. The zero-order valence-electron chi connectivity index (χ0n) is 23.2. The molecule has 1 aliphatic rings. The third-order valence-corrected chi connectivity index (χ3v) is 7.54. The molecule has 12 heteroatoms. The van der Waals surface area contributed by atoms with Crippen LogP contribution in [0.3, 0.4) is 0 Å². The number of benzene rings is 2. The van der Waals surface area contributed by atoms with Gasteiger partial charge in [0.15, 0.2) is 6.61 Å². The molecule has 0 saturated carbocycles. The van der Waals surface area contributed by atoms with Crippen molar-refractivity contribution in [3.8, 4) is 22.9 Å². The molecule has 0 radical (unpaired) electrons. The van der Waals surface area contributed by atoms with Gasteiger partial charge in [-0.1, -0.05) is 12.1 Å². The second-order valence-electron chi connectivity index (χ2n) is 10.5. The van der Waals surface area contributed by atoms with Crippen LogP contribution >= 0.6 is 0 Å². The number of halogens is 4. The van der Waals surface area contributed by atoms with Gasteiger partial charge in [0, 0.05) is 55.0 Å². The number of nitriles is 1. The molecule has 224 valence electrons. The van der Waals surface area contributed by atoms with E-state index in [4.69, 9.17) is 10.5 Å². The number of anilines is 1. The fourth-order valence-corrected chi connectivity index (χ4v) is 5.19. The van der Waals surface area contributed by atoms with E-state index in [2.05, 4.69) is 20.9 Å². The number of rotatable bonds is 11. The van der Waals surface area contributed by atoms with E-state index >= 15 is 0 Å². The summed E-state index contributed by atoms with van der Waals surface area (Å²) < 4.78 is 56.4. The zero-order chi connectivity index (χ0) is 30.6. The van der Waals surface area contributed by atoms with Gasteiger partial charge in [-0.05, 0) is 66.9 Å². The van der Waals surface area contributed by atoms with Crippen molar-refractivity contribution in [2.24, 2.45) is 5.73 Å². The predicted molar refractivity (Wildman–Crippen MR) is 155 cm³/mol. The molecule has 3 N–H and O–H groups in total. The molecule has 0 aliphatic carbocycles. The number of ether oxygens (including phenoxy) is 1. The summed E-state index contributed by atoms with van der Waals surface area (Å²) in [6, 6.07) is 15.4. The Morgan fingerprint density at radius 2 is 1.91 bits per heavy atom. The van der Waals surface area contributed by atoms with Crippen LogP contribution in [0.2, 0.25) is 0 Å². The second-order valence-corrected chi connectivity index (χ2v) is 10.5. The molecular formula is C31H30F4N6O2. The third kappa shape index (κ3) is 6.89. The van der Waals surface area contributed by atoms with Crippen molar-refractivity contribution in [3.63, 3.8) is 0 Å². The number of hydrogen-bond donors (Lipinski definition) is 2. The van der Waals surface area contributed by atoms with Crippen LogP contribution in [0.4, 0.5) is 23.4 Å². The molecule has 2 aromatic carbocycles. The molecule has 5 rings (SSSR count). The summed E-state index contributed by atoms with van der Waals surface area (Å²) in [5.41, 5.74) is 9.77. The number of amides is 1. The van der Waals surface area contributed by atoms with Crippen molar-refractivity contribution in [2.75, 3.05) is 44.2 Å². The fourth-order valence-electron chi connectivity index (χ4n) is 5.19. The summed E-state index contributed by atoms with van der Waals surface area (Å²) in [6.07, 6.45) is 1.55. The number of H-pyrrole nitrogens is 1. The van der Waals surface area contributed by atoms with Crippen molar-refractivity contribution in [1.29, 1.82) is 5.26 Å². The van der Waals surface area contributed by atoms with Crippen molar-refractivity contribution < 1.29 is 27.1 Å². The molecule has 1 aliphatic heterocycles. The molecule has 1 saturated heterocycles. The third-order valence-electron chi connectivity index (χ3n) is 7.54. The molecule has 0 bridgehead atoms. The first-order valence-electron chi connectivity index (χ1n) is 13.8. The number of hydrogen-bond acceptors (Lipinski definition) is 6. The minimum absolute atomic E-state index is 0.0183. The Morgan fingerprint density at radius 3 is 2.63 bits per heavy atom. The smallest absolute Gasteiger partial charge is 0.340 e. The minimum Gasteiger partial charge on any atom is -0.487 e. The first-order valence-corrected chi connectivity index (χ1v) is 13.8. The van der Waals surface area contributed by atoms with Crippen LogP contribution in [-0.4, -0.2) is 72.5 Å². The molecule has 0 unspecified atom stereocenters. The largest absolute Gasteiger partial charge is 0.487 e. The molecule has 0 spiro atoms. The second kappa shape index (κ2) is 12.7. The fraction of sp³-hybridized carbons (Fsp3) is 0.323. The minimum atomic E-state index is -4.28. The normalized spacial score (nSPS) is 14.3. The SMILES string of the molecule is N#Cc1ccc2[nH]cc(CCCN3CCN(c4ncc(-c5cccc(OCC(F)(F)C(F)F)c5)cc4C(N)=O)CC3)c2c1. The Morgan fingerprint density at radius 1 is 1.12 bits per heavy atom. The van der Waals surface area contributed by atoms with Gasteiger partial charge < -0.3 is 20.4 Å². The van der Waals surface area contributed by atoms with Crippen LogP contribution in [0.25, 0.3) is 22.0 Å². The predicted octanol–water partition coefficient (Wildman–Crippen LogP) is 5.23. The number of aryl methyl sites for hydroxylation is 1. The molecule has 3 heterocycles. The van der Waals surface area contributed by atoms with Gasteiger partial charge in [0.05, 0.1) is 17.2 Å². The number of alkyl halides is 4. The summed E-state index contributed by atoms with van der Waals surface area (Å²) in [5.74, 6) is -4.49. The zero-order valence-corrected chi connectivity index (χ0v) is 23.2. The molecule has 0 atom stereocenters. The van der Waals surface area contributed by atoms with Crippen molar-refractivity contribution in [2.45, 2.75) is 25.2 Å². The Hall–Kier alpha value is -4.63. The number of aromatic nitrogens is 2. The maximum atomic E-state index is 13.3. The van der Waals surface area contributed by atoms with Gasteiger partial charge in [0.2, 0.25) is 0 Å². The molecule has 1 fully saturated rings. The number of nitrogens with zero attached hydrogens (tertiary/aromatic N) is 4. The van der Waals surface area contributed by atoms with Crippen LogP contribution in [0, 0.1) is 11.3 Å². The van der Waals surface area contributed by atoms with E-state index in [0.29, 0.717) is 35.6 Å². The van der Waals surface area contributed by atoms with Crippen molar-refractivity contribution >= 4 is 22.6 Å². The Kier molecular flexibility index (Phi) is 8.82. The number of nitrogens with two attached hydrogens (primary N) is 1. The average molecular weight is 595 g/mol. The van der Waals surface area contributed by atoms with Gasteiger partial charge >= 0.3 is 12.3 Å².